The highest BCUT2D eigenvalue weighted by molar-refractivity contribution is 8.03. The van der Waals surface area contributed by atoms with E-state index in [1.165, 1.54) is 34.9 Å². The van der Waals surface area contributed by atoms with Crippen molar-refractivity contribution in [3.05, 3.63) is 60.1 Å². The fraction of sp³-hybridized carbons (Fsp3) is 0.125. The molecule has 9 heteroatoms. The number of hydrazone groups is 1. The monoisotopic (exact) mass is 390 g/mol. The normalized spacial score (nSPS) is 11.0. The summed E-state index contributed by atoms with van der Waals surface area (Å²) in [6.45, 7) is 0. The highest BCUT2D eigenvalue weighted by atomic mass is 32.2. The third kappa shape index (κ3) is 6.04. The van der Waals surface area contributed by atoms with Crippen LogP contribution in [-0.4, -0.2) is 28.1 Å². The van der Waals surface area contributed by atoms with E-state index in [-0.39, 0.29) is 11.7 Å². The topological polar surface area (TPSA) is 80.4 Å². The Kier molecular flexibility index (Phi) is 6.66. The fourth-order valence-electron chi connectivity index (χ4n) is 1.73. The van der Waals surface area contributed by atoms with Crippen molar-refractivity contribution in [2.45, 2.75) is 14.4 Å². The molecule has 0 spiro atoms. The minimum Gasteiger partial charge on any atom is -0.463 e. The molecule has 3 aromatic rings. The van der Waals surface area contributed by atoms with E-state index in [0.29, 0.717) is 5.76 Å². The maximum atomic E-state index is 11.7. The van der Waals surface area contributed by atoms with E-state index in [9.17, 15) is 4.79 Å². The molecule has 0 aliphatic carbocycles. The van der Waals surface area contributed by atoms with Gasteiger partial charge in [0.05, 0.1) is 18.2 Å². The van der Waals surface area contributed by atoms with E-state index in [0.717, 1.165) is 14.4 Å². The van der Waals surface area contributed by atoms with Gasteiger partial charge in [0, 0.05) is 5.75 Å². The van der Waals surface area contributed by atoms with Crippen LogP contribution in [0.25, 0.3) is 0 Å². The summed E-state index contributed by atoms with van der Waals surface area (Å²) in [5.41, 5.74) is 3.69. The predicted molar refractivity (Wildman–Crippen MR) is 101 cm³/mol. The zero-order valence-corrected chi connectivity index (χ0v) is 15.4. The fourth-order valence-corrected chi connectivity index (χ4v) is 4.49. The number of amides is 1. The number of carbonyl (C=O) groups excluding carboxylic acids is 1. The standard InChI is InChI=1S/C16H14N4O2S3/c21-14(18-17-9-13-7-4-8-22-13)11-24-16-20-19-15(25-16)23-10-12-5-2-1-3-6-12/h1-9H,10-11H2,(H,18,21). The van der Waals surface area contributed by atoms with Crippen LogP contribution >= 0.6 is 34.9 Å². The molecular weight excluding hydrogens is 376 g/mol. The van der Waals surface area contributed by atoms with Gasteiger partial charge >= 0.3 is 0 Å². The number of hydrogen-bond donors (Lipinski definition) is 1. The zero-order chi connectivity index (χ0) is 17.3. The Balaban J connectivity index is 1.40. The van der Waals surface area contributed by atoms with Gasteiger partial charge < -0.3 is 4.42 Å². The summed E-state index contributed by atoms with van der Waals surface area (Å²) >= 11 is 4.47. The van der Waals surface area contributed by atoms with Crippen molar-refractivity contribution < 1.29 is 9.21 Å². The van der Waals surface area contributed by atoms with Crippen molar-refractivity contribution in [1.29, 1.82) is 0 Å². The molecule has 0 fully saturated rings. The lowest BCUT2D eigenvalue weighted by Crippen LogP contribution is -2.19. The average Bonchev–Trinajstić information content (AvgIpc) is 3.31. The first-order chi connectivity index (χ1) is 12.3. The van der Waals surface area contributed by atoms with E-state index < -0.39 is 0 Å². The molecule has 6 nitrogen and oxygen atoms in total. The van der Waals surface area contributed by atoms with Crippen LogP contribution in [0.5, 0.6) is 0 Å². The largest absolute Gasteiger partial charge is 0.463 e. The number of nitrogens with one attached hydrogen (secondary N) is 1. The molecule has 3 rings (SSSR count). The quantitative estimate of drug-likeness (QED) is 0.359. The Bertz CT molecular complexity index is 819. The van der Waals surface area contributed by atoms with Gasteiger partial charge in [-0.1, -0.05) is 65.2 Å². The van der Waals surface area contributed by atoms with Crippen LogP contribution in [0.3, 0.4) is 0 Å². The van der Waals surface area contributed by atoms with Gasteiger partial charge in [0.15, 0.2) is 8.68 Å². The summed E-state index contributed by atoms with van der Waals surface area (Å²) in [6.07, 6.45) is 2.99. The molecule has 0 aliphatic rings. The molecule has 0 saturated carbocycles. The molecule has 0 bridgehead atoms. The smallest absolute Gasteiger partial charge is 0.250 e. The molecule has 25 heavy (non-hydrogen) atoms. The number of thioether (sulfide) groups is 2. The molecule has 2 heterocycles. The second kappa shape index (κ2) is 9.40. The summed E-state index contributed by atoms with van der Waals surface area (Å²) in [6, 6.07) is 13.7. The van der Waals surface area contributed by atoms with Gasteiger partial charge in [-0.05, 0) is 17.7 Å². The van der Waals surface area contributed by atoms with Gasteiger partial charge in [0.1, 0.15) is 5.76 Å². The van der Waals surface area contributed by atoms with Crippen LogP contribution in [-0.2, 0) is 10.5 Å². The highest BCUT2D eigenvalue weighted by Crippen LogP contribution is 2.30. The summed E-state index contributed by atoms with van der Waals surface area (Å²) in [5.74, 6) is 1.45. The van der Waals surface area contributed by atoms with Gasteiger partial charge in [-0.3, -0.25) is 4.79 Å². The first-order valence-electron chi connectivity index (χ1n) is 7.28. The first-order valence-corrected chi connectivity index (χ1v) is 10.1. The van der Waals surface area contributed by atoms with Crippen LogP contribution < -0.4 is 5.43 Å². The molecule has 0 aliphatic heterocycles. The van der Waals surface area contributed by atoms with Crippen LogP contribution in [0, 0.1) is 0 Å². The Morgan fingerprint density at radius 1 is 1.16 bits per heavy atom. The number of nitrogens with zero attached hydrogens (tertiary/aromatic N) is 3. The summed E-state index contributed by atoms with van der Waals surface area (Å²) in [7, 11) is 0. The second-order valence-electron chi connectivity index (χ2n) is 4.71. The van der Waals surface area contributed by atoms with Crippen molar-refractivity contribution in [2.24, 2.45) is 5.10 Å². The number of benzene rings is 1. The Morgan fingerprint density at radius 2 is 1.96 bits per heavy atom. The van der Waals surface area contributed by atoms with Crippen molar-refractivity contribution >= 4 is 47.0 Å². The lowest BCUT2D eigenvalue weighted by atomic mass is 10.2. The molecule has 0 unspecified atom stereocenters. The Morgan fingerprint density at radius 3 is 2.72 bits per heavy atom. The van der Waals surface area contributed by atoms with Gasteiger partial charge in [-0.25, -0.2) is 5.43 Å². The molecule has 1 aromatic carbocycles. The van der Waals surface area contributed by atoms with Crippen molar-refractivity contribution in [1.82, 2.24) is 15.6 Å². The van der Waals surface area contributed by atoms with E-state index in [1.807, 2.05) is 18.2 Å². The summed E-state index contributed by atoms with van der Waals surface area (Å²) in [5, 5.41) is 12.1. The average molecular weight is 391 g/mol. The van der Waals surface area contributed by atoms with Crippen molar-refractivity contribution in [3.63, 3.8) is 0 Å². The van der Waals surface area contributed by atoms with E-state index in [4.69, 9.17) is 4.42 Å². The third-order valence-corrected chi connectivity index (χ3v) is 6.11. The minimum atomic E-state index is -0.207. The number of aromatic nitrogens is 2. The SMILES string of the molecule is O=C(CSc1nnc(SCc2ccccc2)s1)NN=Cc1ccco1. The maximum Gasteiger partial charge on any atom is 0.250 e. The van der Waals surface area contributed by atoms with Crippen molar-refractivity contribution in [3.8, 4) is 0 Å². The number of carbonyl (C=O) groups is 1. The van der Waals surface area contributed by atoms with E-state index in [1.54, 1.807) is 30.2 Å². The Labute approximate surface area is 157 Å². The summed E-state index contributed by atoms with van der Waals surface area (Å²) in [4.78, 5) is 11.7. The maximum absolute atomic E-state index is 11.7. The minimum absolute atomic E-state index is 0.207. The lowest BCUT2D eigenvalue weighted by molar-refractivity contribution is -0.118. The Hall–Kier alpha value is -2.10. The van der Waals surface area contributed by atoms with Crippen LogP contribution in [0.1, 0.15) is 11.3 Å². The number of hydrogen-bond acceptors (Lipinski definition) is 8. The van der Waals surface area contributed by atoms with Gasteiger partial charge in [-0.15, -0.1) is 10.2 Å². The van der Waals surface area contributed by atoms with Gasteiger partial charge in [-0.2, -0.15) is 5.10 Å². The predicted octanol–water partition coefficient (Wildman–Crippen LogP) is 3.67. The number of furan rings is 1. The molecule has 128 valence electrons. The molecule has 0 atom stereocenters. The summed E-state index contributed by atoms with van der Waals surface area (Å²) < 4.78 is 6.73. The van der Waals surface area contributed by atoms with Crippen LogP contribution in [0.2, 0.25) is 0 Å². The zero-order valence-electron chi connectivity index (χ0n) is 13.0. The molecule has 2 aromatic heterocycles. The van der Waals surface area contributed by atoms with Crippen LogP contribution in [0.4, 0.5) is 0 Å². The number of rotatable bonds is 8. The molecule has 0 saturated heterocycles. The molecule has 1 N–H and O–H groups in total. The first kappa shape index (κ1) is 17.7. The van der Waals surface area contributed by atoms with Crippen LogP contribution in [0.15, 0.2) is 66.9 Å². The van der Waals surface area contributed by atoms with E-state index >= 15 is 0 Å². The van der Waals surface area contributed by atoms with Gasteiger partial charge in [0.2, 0.25) is 0 Å². The third-order valence-electron chi connectivity index (χ3n) is 2.84. The lowest BCUT2D eigenvalue weighted by Gasteiger charge is -1.97. The molecule has 0 radical (unpaired) electrons. The van der Waals surface area contributed by atoms with Gasteiger partial charge in [0.25, 0.3) is 5.91 Å². The molecule has 1 amide bonds. The molecular formula is C16H14N4O2S3. The van der Waals surface area contributed by atoms with Crippen molar-refractivity contribution in [2.75, 3.05) is 5.75 Å². The van der Waals surface area contributed by atoms with E-state index in [2.05, 4.69) is 32.9 Å². The highest BCUT2D eigenvalue weighted by Gasteiger charge is 2.08. The second-order valence-corrected chi connectivity index (χ2v) is 8.13.